The maximum atomic E-state index is 12.1. The van der Waals surface area contributed by atoms with Gasteiger partial charge in [-0.25, -0.2) is 0 Å². The van der Waals surface area contributed by atoms with Gasteiger partial charge in [0, 0.05) is 13.1 Å². The highest BCUT2D eigenvalue weighted by atomic mass is 16.2. The fraction of sp³-hybridized carbons (Fsp3) is 0.733. The van der Waals surface area contributed by atoms with Gasteiger partial charge in [-0.3, -0.25) is 9.48 Å². The van der Waals surface area contributed by atoms with Gasteiger partial charge in [-0.2, -0.15) is 5.10 Å². The van der Waals surface area contributed by atoms with E-state index in [0.29, 0.717) is 5.82 Å². The maximum Gasteiger partial charge on any atom is 0.242 e. The average Bonchev–Trinajstić information content (AvgIpc) is 2.53. The third kappa shape index (κ3) is 4.63. The Balaban J connectivity index is 2.81. The van der Waals surface area contributed by atoms with E-state index in [9.17, 15) is 4.79 Å². The normalized spacial score (nSPS) is 14.2. The Morgan fingerprint density at radius 2 is 1.90 bits per heavy atom. The number of carbonyl (C=O) groups is 1. The number of carbonyl (C=O) groups excluding carboxylic acids is 1. The molecule has 0 bridgehead atoms. The summed E-state index contributed by atoms with van der Waals surface area (Å²) in [5.41, 5.74) is 6.83. The van der Waals surface area contributed by atoms with Crippen LogP contribution in [0, 0.1) is 10.8 Å². The Morgan fingerprint density at radius 1 is 1.35 bits per heavy atom. The second-order valence-corrected chi connectivity index (χ2v) is 7.71. The fourth-order valence-corrected chi connectivity index (χ4v) is 1.87. The smallest absolute Gasteiger partial charge is 0.242 e. The molecule has 0 unspecified atom stereocenters. The van der Waals surface area contributed by atoms with Gasteiger partial charge in [-0.05, 0) is 17.3 Å². The minimum absolute atomic E-state index is 0.164. The molecule has 5 nitrogen and oxygen atoms in total. The van der Waals surface area contributed by atoms with E-state index in [4.69, 9.17) is 5.73 Å². The van der Waals surface area contributed by atoms with Gasteiger partial charge in [0.05, 0.1) is 11.7 Å². The summed E-state index contributed by atoms with van der Waals surface area (Å²) in [5, 5.41) is 7.29. The number of rotatable bonds is 3. The van der Waals surface area contributed by atoms with Crippen molar-refractivity contribution in [3.63, 3.8) is 0 Å². The summed E-state index contributed by atoms with van der Waals surface area (Å²) in [5.74, 6) is 0.511. The van der Waals surface area contributed by atoms with Crippen LogP contribution in [0.2, 0.25) is 0 Å². The van der Waals surface area contributed by atoms with Crippen LogP contribution in [0.4, 0.5) is 5.82 Å². The zero-order valence-corrected chi connectivity index (χ0v) is 13.7. The quantitative estimate of drug-likeness (QED) is 0.892. The first kappa shape index (κ1) is 16.7. The Morgan fingerprint density at radius 3 is 2.35 bits per heavy atom. The third-order valence-electron chi connectivity index (χ3n) is 3.11. The van der Waals surface area contributed by atoms with Crippen molar-refractivity contribution in [2.45, 2.75) is 54.0 Å². The van der Waals surface area contributed by atoms with E-state index in [1.165, 1.54) is 0 Å². The van der Waals surface area contributed by atoms with Crippen LogP contribution in [-0.4, -0.2) is 21.7 Å². The van der Waals surface area contributed by atoms with Gasteiger partial charge >= 0.3 is 0 Å². The second kappa shape index (κ2) is 5.56. The van der Waals surface area contributed by atoms with E-state index >= 15 is 0 Å². The molecule has 1 heterocycles. The number of aromatic nitrogens is 2. The maximum absolute atomic E-state index is 12.1. The largest absolute Gasteiger partial charge is 0.319 e. The van der Waals surface area contributed by atoms with Crippen molar-refractivity contribution in [1.29, 1.82) is 0 Å². The molecule has 20 heavy (non-hydrogen) atoms. The number of hydrogen-bond donors (Lipinski definition) is 2. The molecular formula is C15H28N4O. The molecule has 0 aromatic carbocycles. The zero-order valence-electron chi connectivity index (χ0n) is 13.7. The summed E-state index contributed by atoms with van der Waals surface area (Å²) in [6, 6.07) is 1.36. The molecule has 1 aromatic heterocycles. The number of anilines is 1. The molecule has 1 rings (SSSR count). The standard InChI is InChI=1S/C15H28N4O/c1-14(2,3)9-10-8-11(19(7)18-10)17-13(20)12(16)15(4,5)6/h8,12H,9,16H2,1-7H3,(H,17,20)/t12-/m1/s1. The highest BCUT2D eigenvalue weighted by molar-refractivity contribution is 5.94. The molecular weight excluding hydrogens is 252 g/mol. The lowest BCUT2D eigenvalue weighted by molar-refractivity contribution is -0.119. The molecule has 1 aromatic rings. The topological polar surface area (TPSA) is 72.9 Å². The van der Waals surface area contributed by atoms with Gasteiger partial charge in [-0.15, -0.1) is 0 Å². The molecule has 0 aliphatic rings. The Bertz CT molecular complexity index is 477. The molecule has 1 atom stereocenters. The summed E-state index contributed by atoms with van der Waals surface area (Å²) in [6.07, 6.45) is 0.863. The molecule has 5 heteroatoms. The van der Waals surface area contributed by atoms with Crippen molar-refractivity contribution in [3.05, 3.63) is 11.8 Å². The van der Waals surface area contributed by atoms with Gasteiger partial charge in [0.2, 0.25) is 5.91 Å². The summed E-state index contributed by atoms with van der Waals surface area (Å²) in [7, 11) is 1.82. The molecule has 0 fully saturated rings. The van der Waals surface area contributed by atoms with Gasteiger partial charge in [0.25, 0.3) is 0 Å². The van der Waals surface area contributed by atoms with Gasteiger partial charge in [-0.1, -0.05) is 41.5 Å². The minimum atomic E-state index is -0.552. The van der Waals surface area contributed by atoms with E-state index in [0.717, 1.165) is 12.1 Å². The number of nitrogens with two attached hydrogens (primary N) is 1. The first-order valence-corrected chi connectivity index (χ1v) is 6.99. The van der Waals surface area contributed by atoms with E-state index in [-0.39, 0.29) is 16.7 Å². The van der Waals surface area contributed by atoms with Crippen LogP contribution in [0.25, 0.3) is 0 Å². The molecule has 3 N–H and O–H groups in total. The summed E-state index contributed by atoms with van der Waals surface area (Å²) in [4.78, 5) is 12.1. The number of nitrogens with zero attached hydrogens (tertiary/aromatic N) is 2. The van der Waals surface area contributed by atoms with Gasteiger partial charge in [0.15, 0.2) is 0 Å². The molecule has 0 aliphatic carbocycles. The second-order valence-electron chi connectivity index (χ2n) is 7.71. The minimum Gasteiger partial charge on any atom is -0.319 e. The highest BCUT2D eigenvalue weighted by Crippen LogP contribution is 2.22. The van der Waals surface area contributed by atoms with Crippen LogP contribution < -0.4 is 11.1 Å². The van der Waals surface area contributed by atoms with Crippen LogP contribution in [0.3, 0.4) is 0 Å². The van der Waals surface area contributed by atoms with E-state index in [1.54, 1.807) is 4.68 Å². The Hall–Kier alpha value is -1.36. The SMILES string of the molecule is Cn1nc(CC(C)(C)C)cc1NC(=O)[C@@H](N)C(C)(C)C. The highest BCUT2D eigenvalue weighted by Gasteiger charge is 2.28. The van der Waals surface area contributed by atoms with Crippen LogP contribution >= 0.6 is 0 Å². The molecule has 0 radical (unpaired) electrons. The lowest BCUT2D eigenvalue weighted by Gasteiger charge is -2.25. The predicted octanol–water partition coefficient (Wildman–Crippen LogP) is 2.32. The Labute approximate surface area is 121 Å². The van der Waals surface area contributed by atoms with Crippen LogP contribution in [0.5, 0.6) is 0 Å². The van der Waals surface area contributed by atoms with Crippen LogP contribution in [0.1, 0.15) is 47.2 Å². The lowest BCUT2D eigenvalue weighted by atomic mass is 9.87. The summed E-state index contributed by atoms with van der Waals surface area (Å²) >= 11 is 0. The number of aryl methyl sites for hydroxylation is 1. The first-order chi connectivity index (χ1) is 8.90. The zero-order chi connectivity index (χ0) is 15.7. The predicted molar refractivity (Wildman–Crippen MR) is 82.4 cm³/mol. The third-order valence-corrected chi connectivity index (χ3v) is 3.11. The Kier molecular flexibility index (Phi) is 4.64. The van der Waals surface area contributed by atoms with Crippen molar-refractivity contribution in [1.82, 2.24) is 9.78 Å². The lowest BCUT2D eigenvalue weighted by Crippen LogP contribution is -2.45. The monoisotopic (exact) mass is 280 g/mol. The van der Waals surface area contributed by atoms with E-state index in [1.807, 2.05) is 33.9 Å². The number of hydrogen-bond acceptors (Lipinski definition) is 3. The summed E-state index contributed by atoms with van der Waals surface area (Å²) < 4.78 is 1.69. The van der Waals surface area contributed by atoms with Gasteiger partial charge in [0.1, 0.15) is 5.82 Å². The molecule has 1 amide bonds. The van der Waals surface area contributed by atoms with Gasteiger partial charge < -0.3 is 11.1 Å². The molecule has 114 valence electrons. The van der Waals surface area contributed by atoms with Crippen molar-refractivity contribution < 1.29 is 4.79 Å². The van der Waals surface area contributed by atoms with Crippen molar-refractivity contribution in [3.8, 4) is 0 Å². The number of amides is 1. The fourth-order valence-electron chi connectivity index (χ4n) is 1.87. The van der Waals surface area contributed by atoms with Crippen molar-refractivity contribution in [2.24, 2.45) is 23.6 Å². The number of nitrogens with one attached hydrogen (secondary N) is 1. The van der Waals surface area contributed by atoms with Crippen LogP contribution in [0.15, 0.2) is 6.07 Å². The average molecular weight is 280 g/mol. The molecule has 0 aliphatic heterocycles. The van der Waals surface area contributed by atoms with E-state index in [2.05, 4.69) is 31.2 Å². The summed E-state index contributed by atoms with van der Waals surface area (Å²) in [6.45, 7) is 12.3. The van der Waals surface area contributed by atoms with Crippen molar-refractivity contribution >= 4 is 11.7 Å². The van der Waals surface area contributed by atoms with Crippen molar-refractivity contribution in [2.75, 3.05) is 5.32 Å². The molecule has 0 spiro atoms. The molecule has 0 saturated heterocycles. The first-order valence-electron chi connectivity index (χ1n) is 6.99. The van der Waals surface area contributed by atoms with E-state index < -0.39 is 6.04 Å². The molecule has 0 saturated carbocycles. The van der Waals surface area contributed by atoms with Crippen LogP contribution in [-0.2, 0) is 18.3 Å².